The van der Waals surface area contributed by atoms with Crippen molar-refractivity contribution >= 4 is 0 Å². The van der Waals surface area contributed by atoms with Gasteiger partial charge in [0.1, 0.15) is 0 Å². The average Bonchev–Trinajstić information content (AvgIpc) is 3.27. The molecular weight excluding hydrogens is 346 g/mol. The van der Waals surface area contributed by atoms with Gasteiger partial charge in [-0.25, -0.2) is 0 Å². The minimum atomic E-state index is -0.397. The Balaban J connectivity index is 1.31. The summed E-state index contributed by atoms with van der Waals surface area (Å²) in [7, 11) is 0. The Morgan fingerprint density at radius 2 is 1.71 bits per heavy atom. The van der Waals surface area contributed by atoms with Crippen molar-refractivity contribution in [2.75, 3.05) is 0 Å². The predicted octanol–water partition coefficient (Wildman–Crippen LogP) is 4.93. The molecule has 0 radical (unpaired) electrons. The number of aliphatic hydroxyl groups is 1. The van der Waals surface area contributed by atoms with Crippen LogP contribution in [0.4, 0.5) is 0 Å². The molecule has 1 heterocycles. The molecule has 0 saturated heterocycles. The van der Waals surface area contributed by atoms with Crippen molar-refractivity contribution in [3.63, 3.8) is 0 Å². The zero-order chi connectivity index (χ0) is 19.5. The summed E-state index contributed by atoms with van der Waals surface area (Å²) in [6.45, 7) is 8.11. The highest BCUT2D eigenvalue weighted by atomic mass is 16.3. The summed E-state index contributed by atoms with van der Waals surface area (Å²) in [5, 5.41) is 19.3. The zero-order valence-electron chi connectivity index (χ0n) is 18.1. The zero-order valence-corrected chi connectivity index (χ0v) is 18.1. The summed E-state index contributed by atoms with van der Waals surface area (Å²) in [4.78, 5) is 1.89. The van der Waals surface area contributed by atoms with Crippen molar-refractivity contribution in [1.82, 2.24) is 15.0 Å². The molecule has 1 aromatic heterocycles. The fourth-order valence-corrected chi connectivity index (χ4v) is 8.78. The SMILES string of the molecule is CC(Cn1nccn1)[C@H]1CC[C@H]2[C@@H]3CC[C@H]4C[C@](C)(O)CC[C@@H]4[C@H]3CC[C@]12C. The van der Waals surface area contributed by atoms with Gasteiger partial charge in [0, 0.05) is 0 Å². The maximum Gasteiger partial charge on any atom is 0.0693 e. The van der Waals surface area contributed by atoms with Gasteiger partial charge in [0.2, 0.25) is 0 Å². The van der Waals surface area contributed by atoms with E-state index in [-0.39, 0.29) is 0 Å². The monoisotopic (exact) mass is 385 g/mol. The van der Waals surface area contributed by atoms with Crippen LogP contribution in [0.1, 0.15) is 78.6 Å². The Morgan fingerprint density at radius 3 is 2.50 bits per heavy atom. The van der Waals surface area contributed by atoms with Gasteiger partial charge < -0.3 is 5.11 Å². The second-order valence-corrected chi connectivity index (χ2v) is 11.5. The molecule has 9 atom stereocenters. The van der Waals surface area contributed by atoms with Crippen LogP contribution in [0.5, 0.6) is 0 Å². The molecule has 5 rings (SSSR count). The third-order valence-corrected chi connectivity index (χ3v) is 9.92. The van der Waals surface area contributed by atoms with Gasteiger partial charge in [-0.3, -0.25) is 0 Å². The van der Waals surface area contributed by atoms with Gasteiger partial charge in [0.25, 0.3) is 0 Å². The van der Waals surface area contributed by atoms with E-state index in [1.54, 1.807) is 12.4 Å². The Labute approximate surface area is 170 Å². The molecule has 0 aliphatic heterocycles. The topological polar surface area (TPSA) is 50.9 Å². The number of aromatic nitrogens is 3. The molecule has 0 amide bonds. The fourth-order valence-electron chi connectivity index (χ4n) is 8.78. The van der Waals surface area contributed by atoms with Gasteiger partial charge >= 0.3 is 0 Å². The molecule has 0 aromatic carbocycles. The molecule has 156 valence electrons. The predicted molar refractivity (Wildman–Crippen MR) is 110 cm³/mol. The first-order chi connectivity index (χ1) is 13.4. The maximum absolute atomic E-state index is 10.6. The van der Waals surface area contributed by atoms with Gasteiger partial charge in [-0.1, -0.05) is 13.8 Å². The minimum absolute atomic E-state index is 0.397. The van der Waals surface area contributed by atoms with E-state index in [4.69, 9.17) is 0 Å². The Bertz CT molecular complexity index is 686. The molecule has 4 heteroatoms. The first-order valence-corrected chi connectivity index (χ1v) is 11.9. The molecular formula is C24H39N3O. The Hall–Kier alpha value is -0.900. The largest absolute Gasteiger partial charge is 0.390 e. The molecule has 4 aliphatic carbocycles. The van der Waals surface area contributed by atoms with Crippen molar-refractivity contribution in [2.45, 2.75) is 90.7 Å². The summed E-state index contributed by atoms with van der Waals surface area (Å²) in [6.07, 6.45) is 15.4. The van der Waals surface area contributed by atoms with Crippen LogP contribution in [0.3, 0.4) is 0 Å². The van der Waals surface area contributed by atoms with Gasteiger partial charge in [0.05, 0.1) is 24.5 Å². The van der Waals surface area contributed by atoms with Crippen molar-refractivity contribution in [3.8, 4) is 0 Å². The van der Waals surface area contributed by atoms with Crippen LogP contribution in [-0.2, 0) is 6.54 Å². The van der Waals surface area contributed by atoms with Gasteiger partial charge in [0.15, 0.2) is 0 Å². The van der Waals surface area contributed by atoms with Crippen LogP contribution in [0.15, 0.2) is 12.4 Å². The first kappa shape index (κ1) is 19.1. The second kappa shape index (κ2) is 6.82. The summed E-state index contributed by atoms with van der Waals surface area (Å²) in [6, 6.07) is 0. The third kappa shape index (κ3) is 3.05. The van der Waals surface area contributed by atoms with Crippen LogP contribution in [0.2, 0.25) is 0 Å². The molecule has 0 bridgehead atoms. The number of nitrogens with zero attached hydrogens (tertiary/aromatic N) is 3. The summed E-state index contributed by atoms with van der Waals surface area (Å²) in [5.74, 6) is 5.96. The lowest BCUT2D eigenvalue weighted by atomic mass is 9.48. The molecule has 0 spiro atoms. The molecule has 1 unspecified atom stereocenters. The number of rotatable bonds is 3. The summed E-state index contributed by atoms with van der Waals surface area (Å²) < 4.78 is 0. The lowest BCUT2D eigenvalue weighted by Crippen LogP contribution is -2.51. The van der Waals surface area contributed by atoms with Crippen molar-refractivity contribution in [3.05, 3.63) is 12.4 Å². The normalized spacial score (nSPS) is 49.1. The van der Waals surface area contributed by atoms with E-state index in [1.165, 1.54) is 44.9 Å². The minimum Gasteiger partial charge on any atom is -0.390 e. The quantitative estimate of drug-likeness (QED) is 0.802. The molecule has 4 saturated carbocycles. The van der Waals surface area contributed by atoms with Crippen LogP contribution >= 0.6 is 0 Å². The summed E-state index contributed by atoms with van der Waals surface area (Å²) in [5.41, 5.74) is 0.117. The molecule has 28 heavy (non-hydrogen) atoms. The number of hydrogen-bond acceptors (Lipinski definition) is 3. The standard InChI is InChI=1S/C24H39N3O/c1-16(15-27-25-12-13-26-27)21-6-7-22-20-5-4-17-14-23(2,28)10-8-18(17)19(20)9-11-24(21,22)3/h12-13,16-22,28H,4-11,14-15H2,1-3H3/t16?,17-,18-,19+,20+,21+,22-,23+,24+/m0/s1. The summed E-state index contributed by atoms with van der Waals surface area (Å²) >= 11 is 0. The first-order valence-electron chi connectivity index (χ1n) is 11.9. The van der Waals surface area contributed by atoms with Crippen LogP contribution in [0.25, 0.3) is 0 Å². The lowest BCUT2D eigenvalue weighted by Gasteiger charge is -2.57. The lowest BCUT2D eigenvalue weighted by molar-refractivity contribution is -0.103. The molecule has 1 aromatic rings. The van der Waals surface area contributed by atoms with E-state index in [2.05, 4.69) is 31.0 Å². The van der Waals surface area contributed by atoms with E-state index >= 15 is 0 Å². The van der Waals surface area contributed by atoms with Gasteiger partial charge in [-0.05, 0) is 112 Å². The van der Waals surface area contributed by atoms with Crippen molar-refractivity contribution < 1.29 is 5.11 Å². The Kier molecular flexibility index (Phi) is 4.65. The maximum atomic E-state index is 10.6. The van der Waals surface area contributed by atoms with Crippen LogP contribution in [-0.4, -0.2) is 25.7 Å². The van der Waals surface area contributed by atoms with E-state index in [0.717, 1.165) is 54.9 Å². The molecule has 4 aliphatic rings. The average molecular weight is 386 g/mol. The van der Waals surface area contributed by atoms with Gasteiger partial charge in [-0.15, -0.1) is 0 Å². The Morgan fingerprint density at radius 1 is 0.964 bits per heavy atom. The highest BCUT2D eigenvalue weighted by Crippen LogP contribution is 2.65. The number of hydrogen-bond donors (Lipinski definition) is 1. The highest BCUT2D eigenvalue weighted by Gasteiger charge is 2.58. The van der Waals surface area contributed by atoms with Crippen LogP contribution < -0.4 is 0 Å². The number of fused-ring (bicyclic) bond motifs is 5. The van der Waals surface area contributed by atoms with E-state index in [0.29, 0.717) is 11.3 Å². The molecule has 1 N–H and O–H groups in total. The molecule has 4 nitrogen and oxygen atoms in total. The van der Waals surface area contributed by atoms with Crippen molar-refractivity contribution in [1.29, 1.82) is 0 Å². The van der Waals surface area contributed by atoms with Crippen LogP contribution in [0, 0.1) is 46.8 Å². The molecule has 4 fully saturated rings. The van der Waals surface area contributed by atoms with Crippen molar-refractivity contribution in [2.24, 2.45) is 46.8 Å². The van der Waals surface area contributed by atoms with E-state index < -0.39 is 5.60 Å². The fraction of sp³-hybridized carbons (Fsp3) is 0.917. The van der Waals surface area contributed by atoms with E-state index in [1.807, 2.05) is 4.80 Å². The van der Waals surface area contributed by atoms with E-state index in [9.17, 15) is 5.11 Å². The second-order valence-electron chi connectivity index (χ2n) is 11.5. The van der Waals surface area contributed by atoms with Gasteiger partial charge in [-0.2, -0.15) is 15.0 Å². The third-order valence-electron chi connectivity index (χ3n) is 9.92. The highest BCUT2D eigenvalue weighted by molar-refractivity contribution is 5.07. The smallest absolute Gasteiger partial charge is 0.0693 e.